The molecule has 5 N–H and O–H groups in total. The summed E-state index contributed by atoms with van der Waals surface area (Å²) in [5.74, 6) is 0.410. The molecule has 1 aromatic heterocycles. The maximum atomic E-state index is 12.3. The van der Waals surface area contributed by atoms with E-state index in [-0.39, 0.29) is 18.1 Å². The number of nitrogens with zero attached hydrogens (tertiary/aromatic N) is 2. The van der Waals surface area contributed by atoms with Gasteiger partial charge in [0.1, 0.15) is 0 Å². The Hall–Kier alpha value is -4.30. The molecule has 1 fully saturated rings. The molecule has 2 atom stereocenters. The largest absolute Gasteiger partial charge is 0.420 e. The third-order valence-electron chi connectivity index (χ3n) is 8.08. The first-order valence-corrected chi connectivity index (χ1v) is 13.4. The van der Waals surface area contributed by atoms with Crippen molar-refractivity contribution in [2.75, 3.05) is 5.32 Å². The molecule has 2 aromatic carbocycles. The number of amides is 1. The molecule has 2 heterocycles. The lowest BCUT2D eigenvalue weighted by molar-refractivity contribution is -0.374. The number of allylic oxidation sites excluding steroid dienone is 5. The van der Waals surface area contributed by atoms with Gasteiger partial charge in [-0.2, -0.15) is 0 Å². The Morgan fingerprint density at radius 3 is 2.67 bits per heavy atom. The first-order chi connectivity index (χ1) is 18.9. The van der Waals surface area contributed by atoms with Crippen molar-refractivity contribution < 1.29 is 19.3 Å². The minimum atomic E-state index is -0.475. The van der Waals surface area contributed by atoms with Gasteiger partial charge in [-0.15, -0.1) is 10.2 Å². The first kappa shape index (κ1) is 25.0. The summed E-state index contributed by atoms with van der Waals surface area (Å²) in [6.45, 7) is 2.17. The number of nitrogens with two attached hydrogens (primary N) is 1. The number of hydrogen-bond acceptors (Lipinski definition) is 6. The second kappa shape index (κ2) is 10.1. The van der Waals surface area contributed by atoms with Crippen LogP contribution in [0.5, 0.6) is 0 Å². The molecule has 1 aliphatic heterocycles. The Kier molecular flexibility index (Phi) is 6.48. The fourth-order valence-corrected chi connectivity index (χ4v) is 5.84. The van der Waals surface area contributed by atoms with Crippen LogP contribution in [-0.4, -0.2) is 39.1 Å². The van der Waals surface area contributed by atoms with Gasteiger partial charge in [0.2, 0.25) is 17.5 Å². The zero-order chi connectivity index (χ0) is 27.0. The fourth-order valence-electron chi connectivity index (χ4n) is 5.84. The molecule has 8 heteroatoms. The average Bonchev–Trinajstić information content (AvgIpc) is 3.43. The predicted molar refractivity (Wildman–Crippen MR) is 149 cm³/mol. The Morgan fingerprint density at radius 2 is 1.90 bits per heavy atom. The monoisotopic (exact) mass is 522 g/mol. The summed E-state index contributed by atoms with van der Waals surface area (Å²) in [7, 11) is 0. The molecule has 198 valence electrons. The highest BCUT2D eigenvalue weighted by Gasteiger charge is 2.45. The lowest BCUT2D eigenvalue weighted by Gasteiger charge is -2.35. The SMILES string of the molecule is CC12C=C[NH+]=C(c3ccc(C(N)=O)c(NC4CCC(O)CC4)c3)C1=CC=CC2c1nnc(-c2ccccc2)o1. The maximum Gasteiger partial charge on any atom is 0.250 e. The number of nitrogens with one attached hydrogen (secondary N) is 2. The Morgan fingerprint density at radius 1 is 1.10 bits per heavy atom. The lowest BCUT2D eigenvalue weighted by atomic mass is 9.65. The van der Waals surface area contributed by atoms with Gasteiger partial charge in [0.25, 0.3) is 5.91 Å². The summed E-state index contributed by atoms with van der Waals surface area (Å²) in [5, 5.41) is 22.2. The standard InChI is InChI=1S/C31H31N5O3/c1-31-16-17-33-27(20-10-15-23(28(32)38)26(18-20)34-21-11-13-22(37)14-12-21)24(31)8-5-9-25(31)30-36-35-29(39-30)19-6-3-2-4-7-19/h2-10,15-18,21-22,25,34,37H,11-14H2,1H3,(H2,32,38)/p+1. The number of fused-ring (bicyclic) bond motifs is 1. The number of carbonyl (C=O) groups excluding carboxylic acids is 1. The smallest absolute Gasteiger partial charge is 0.250 e. The van der Waals surface area contributed by atoms with Gasteiger partial charge in [0.05, 0.1) is 17.6 Å². The second-order valence-corrected chi connectivity index (χ2v) is 10.7. The lowest BCUT2D eigenvalue weighted by Crippen LogP contribution is -2.70. The molecule has 0 spiro atoms. The number of aromatic nitrogens is 2. The highest BCUT2D eigenvalue weighted by atomic mass is 16.4. The summed E-state index contributed by atoms with van der Waals surface area (Å²) in [6.07, 6.45) is 13.2. The van der Waals surface area contributed by atoms with Gasteiger partial charge in [0, 0.05) is 33.8 Å². The Labute approximate surface area is 227 Å². The van der Waals surface area contributed by atoms with Crippen LogP contribution in [0.3, 0.4) is 0 Å². The molecule has 0 radical (unpaired) electrons. The van der Waals surface area contributed by atoms with E-state index >= 15 is 0 Å². The van der Waals surface area contributed by atoms with E-state index in [1.165, 1.54) is 0 Å². The van der Waals surface area contributed by atoms with E-state index in [0.29, 0.717) is 23.0 Å². The van der Waals surface area contributed by atoms with Gasteiger partial charge >= 0.3 is 0 Å². The molecule has 3 aliphatic rings. The predicted octanol–water partition coefficient (Wildman–Crippen LogP) is 3.23. The molecule has 6 rings (SSSR count). The second-order valence-electron chi connectivity index (χ2n) is 10.7. The number of primary amides is 1. The molecule has 2 unspecified atom stereocenters. The van der Waals surface area contributed by atoms with Crippen molar-refractivity contribution in [3.8, 4) is 11.5 Å². The van der Waals surface area contributed by atoms with Crippen molar-refractivity contribution in [3.05, 3.63) is 102 Å². The van der Waals surface area contributed by atoms with Crippen molar-refractivity contribution in [2.45, 2.75) is 50.7 Å². The van der Waals surface area contributed by atoms with Crippen LogP contribution in [0, 0.1) is 5.41 Å². The van der Waals surface area contributed by atoms with E-state index in [0.717, 1.165) is 48.1 Å². The number of aliphatic hydroxyl groups is 1. The van der Waals surface area contributed by atoms with Gasteiger partial charge in [-0.25, -0.2) is 4.99 Å². The van der Waals surface area contributed by atoms with Gasteiger partial charge in [-0.3, -0.25) is 4.79 Å². The van der Waals surface area contributed by atoms with Crippen LogP contribution in [-0.2, 0) is 0 Å². The third-order valence-corrected chi connectivity index (χ3v) is 8.08. The summed E-state index contributed by atoms with van der Waals surface area (Å²) in [4.78, 5) is 15.7. The molecule has 3 aromatic rings. The normalized spacial score (nSPS) is 25.9. The van der Waals surface area contributed by atoms with Gasteiger partial charge in [-0.05, 0) is 62.1 Å². The number of rotatable bonds is 6. The highest BCUT2D eigenvalue weighted by Crippen LogP contribution is 2.47. The number of aliphatic hydroxyl groups excluding tert-OH is 1. The van der Waals surface area contributed by atoms with E-state index in [4.69, 9.17) is 10.2 Å². The Bertz CT molecular complexity index is 1510. The van der Waals surface area contributed by atoms with Crippen molar-refractivity contribution in [2.24, 2.45) is 11.1 Å². The number of anilines is 1. The third kappa shape index (κ3) is 4.72. The van der Waals surface area contributed by atoms with E-state index in [1.807, 2.05) is 54.7 Å². The highest BCUT2D eigenvalue weighted by molar-refractivity contribution is 6.12. The molecule has 39 heavy (non-hydrogen) atoms. The molecule has 0 saturated heterocycles. The zero-order valence-electron chi connectivity index (χ0n) is 21.8. The molecular weight excluding hydrogens is 490 g/mol. The average molecular weight is 523 g/mol. The van der Waals surface area contributed by atoms with E-state index < -0.39 is 11.3 Å². The summed E-state index contributed by atoms with van der Waals surface area (Å²) in [5.41, 5.74) is 10.3. The number of benzene rings is 2. The van der Waals surface area contributed by atoms with Crippen LogP contribution in [0.4, 0.5) is 5.69 Å². The molecule has 8 nitrogen and oxygen atoms in total. The van der Waals surface area contributed by atoms with Crippen LogP contribution in [0.1, 0.15) is 60.3 Å². The molecule has 1 saturated carbocycles. The first-order valence-electron chi connectivity index (χ1n) is 13.4. The van der Waals surface area contributed by atoms with Crippen LogP contribution in [0.25, 0.3) is 11.5 Å². The van der Waals surface area contributed by atoms with E-state index in [1.54, 1.807) is 6.07 Å². The number of carbonyl (C=O) groups is 1. The van der Waals surface area contributed by atoms with Crippen LogP contribution < -0.4 is 16.0 Å². The minimum absolute atomic E-state index is 0.160. The van der Waals surface area contributed by atoms with Gasteiger partial charge < -0.3 is 20.6 Å². The van der Waals surface area contributed by atoms with Crippen molar-refractivity contribution in [1.29, 1.82) is 0 Å². The number of hydrogen-bond donors (Lipinski definition) is 4. The van der Waals surface area contributed by atoms with Crippen molar-refractivity contribution in [3.63, 3.8) is 0 Å². The van der Waals surface area contributed by atoms with Crippen molar-refractivity contribution >= 4 is 17.3 Å². The van der Waals surface area contributed by atoms with Crippen molar-refractivity contribution in [1.82, 2.24) is 10.2 Å². The van der Waals surface area contributed by atoms with E-state index in [9.17, 15) is 9.90 Å². The minimum Gasteiger partial charge on any atom is -0.420 e. The van der Waals surface area contributed by atoms with Crippen LogP contribution >= 0.6 is 0 Å². The zero-order valence-corrected chi connectivity index (χ0v) is 21.8. The maximum absolute atomic E-state index is 12.3. The van der Waals surface area contributed by atoms with E-state index in [2.05, 4.69) is 45.7 Å². The summed E-state index contributed by atoms with van der Waals surface area (Å²) < 4.78 is 6.17. The summed E-state index contributed by atoms with van der Waals surface area (Å²) in [6, 6.07) is 15.6. The molecule has 2 aliphatic carbocycles. The fraction of sp³-hybridized carbons (Fsp3) is 0.290. The van der Waals surface area contributed by atoms with Gasteiger partial charge in [-0.1, -0.05) is 43.4 Å². The van der Waals surface area contributed by atoms with Crippen LogP contribution in [0.15, 0.2) is 89.0 Å². The van der Waals surface area contributed by atoms with Gasteiger partial charge in [0.15, 0.2) is 6.20 Å². The molecular formula is C31H32N5O3+. The molecule has 1 amide bonds. The van der Waals surface area contributed by atoms with Crippen LogP contribution in [0.2, 0.25) is 0 Å². The molecule has 0 bridgehead atoms. The summed E-state index contributed by atoms with van der Waals surface area (Å²) >= 11 is 0. The Balaban J connectivity index is 1.31. The quantitative estimate of drug-likeness (QED) is 0.394. The topological polar surface area (TPSA) is 128 Å².